The summed E-state index contributed by atoms with van der Waals surface area (Å²) >= 11 is 6.18. The van der Waals surface area contributed by atoms with Gasteiger partial charge in [0.2, 0.25) is 0 Å². The topological polar surface area (TPSA) is 24.9 Å². The molecular formula is C17H14ClFN2. The highest BCUT2D eigenvalue weighted by Gasteiger charge is 2.16. The summed E-state index contributed by atoms with van der Waals surface area (Å²) in [5, 5.41) is 4.71. The summed E-state index contributed by atoms with van der Waals surface area (Å²) in [6, 6.07) is 14.4. The van der Waals surface area contributed by atoms with Crippen LogP contribution in [0.2, 0.25) is 5.02 Å². The maximum atomic E-state index is 13.2. The standard InChI is InChI=1S/C17H14ClFN2/c1-20-17(14-6-5-13(19)10-15(14)18)12-4-7-16-11(9-12)3-2-8-21-16/h2-10,17,20H,1H3. The number of benzene rings is 2. The van der Waals surface area contributed by atoms with E-state index in [4.69, 9.17) is 11.6 Å². The van der Waals surface area contributed by atoms with E-state index >= 15 is 0 Å². The Kier molecular flexibility index (Phi) is 3.86. The second-order valence-electron chi connectivity index (χ2n) is 4.84. The monoisotopic (exact) mass is 300 g/mol. The summed E-state index contributed by atoms with van der Waals surface area (Å²) in [5.41, 5.74) is 2.86. The van der Waals surface area contributed by atoms with Crippen molar-refractivity contribution in [3.05, 3.63) is 76.7 Å². The summed E-state index contributed by atoms with van der Waals surface area (Å²) in [6.45, 7) is 0. The molecule has 1 N–H and O–H groups in total. The van der Waals surface area contributed by atoms with Crippen LogP contribution in [0.3, 0.4) is 0 Å². The molecule has 0 saturated heterocycles. The van der Waals surface area contributed by atoms with E-state index in [-0.39, 0.29) is 11.9 Å². The SMILES string of the molecule is CNC(c1ccc2ncccc2c1)c1ccc(F)cc1Cl. The van der Waals surface area contributed by atoms with Gasteiger partial charge in [-0.3, -0.25) is 4.98 Å². The lowest BCUT2D eigenvalue weighted by Gasteiger charge is -2.19. The van der Waals surface area contributed by atoms with Crippen LogP contribution >= 0.6 is 11.6 Å². The van der Waals surface area contributed by atoms with Gasteiger partial charge in [0.25, 0.3) is 0 Å². The molecule has 3 aromatic rings. The summed E-state index contributed by atoms with van der Waals surface area (Å²) < 4.78 is 13.2. The highest BCUT2D eigenvalue weighted by molar-refractivity contribution is 6.31. The van der Waals surface area contributed by atoms with Gasteiger partial charge in [-0.2, -0.15) is 0 Å². The van der Waals surface area contributed by atoms with Crippen molar-refractivity contribution >= 4 is 22.5 Å². The minimum atomic E-state index is -0.332. The highest BCUT2D eigenvalue weighted by Crippen LogP contribution is 2.30. The van der Waals surface area contributed by atoms with Gasteiger partial charge in [-0.05, 0) is 48.5 Å². The van der Waals surface area contributed by atoms with E-state index in [2.05, 4.69) is 16.4 Å². The number of nitrogens with one attached hydrogen (secondary N) is 1. The van der Waals surface area contributed by atoms with Crippen LogP contribution in [0.5, 0.6) is 0 Å². The molecule has 2 aromatic carbocycles. The maximum Gasteiger partial charge on any atom is 0.124 e. The van der Waals surface area contributed by atoms with Crippen molar-refractivity contribution < 1.29 is 4.39 Å². The molecule has 0 aliphatic rings. The number of fused-ring (bicyclic) bond motifs is 1. The van der Waals surface area contributed by atoms with Gasteiger partial charge < -0.3 is 5.32 Å². The second kappa shape index (κ2) is 5.80. The number of rotatable bonds is 3. The van der Waals surface area contributed by atoms with Gasteiger partial charge in [-0.1, -0.05) is 29.8 Å². The molecule has 2 nitrogen and oxygen atoms in total. The molecule has 106 valence electrons. The molecule has 0 saturated carbocycles. The van der Waals surface area contributed by atoms with Gasteiger partial charge >= 0.3 is 0 Å². The molecule has 1 atom stereocenters. The van der Waals surface area contributed by atoms with Crippen molar-refractivity contribution in [3.63, 3.8) is 0 Å². The third-order valence-electron chi connectivity index (χ3n) is 3.52. The Morgan fingerprint density at radius 3 is 2.76 bits per heavy atom. The van der Waals surface area contributed by atoms with E-state index in [0.717, 1.165) is 22.0 Å². The first kappa shape index (κ1) is 14.0. The summed E-state index contributed by atoms with van der Waals surface area (Å²) in [7, 11) is 1.86. The molecule has 21 heavy (non-hydrogen) atoms. The highest BCUT2D eigenvalue weighted by atomic mass is 35.5. The zero-order chi connectivity index (χ0) is 14.8. The average molecular weight is 301 g/mol. The first-order valence-corrected chi connectivity index (χ1v) is 7.04. The van der Waals surface area contributed by atoms with Crippen LogP contribution < -0.4 is 5.32 Å². The van der Waals surface area contributed by atoms with Gasteiger partial charge in [0, 0.05) is 16.6 Å². The van der Waals surface area contributed by atoms with Crippen molar-refractivity contribution in [1.29, 1.82) is 0 Å². The zero-order valence-electron chi connectivity index (χ0n) is 11.5. The first-order chi connectivity index (χ1) is 10.2. The molecule has 0 fully saturated rings. The van der Waals surface area contributed by atoms with Crippen LogP contribution in [0.25, 0.3) is 10.9 Å². The predicted octanol–water partition coefficient (Wildman–Crippen LogP) is 4.34. The zero-order valence-corrected chi connectivity index (χ0v) is 12.2. The van der Waals surface area contributed by atoms with Crippen molar-refractivity contribution in [2.24, 2.45) is 0 Å². The van der Waals surface area contributed by atoms with E-state index in [1.54, 1.807) is 12.3 Å². The molecule has 0 amide bonds. The number of nitrogens with zero attached hydrogens (tertiary/aromatic N) is 1. The van der Waals surface area contributed by atoms with Gasteiger partial charge in [0.1, 0.15) is 5.82 Å². The Bertz CT molecular complexity index is 789. The molecule has 0 spiro atoms. The largest absolute Gasteiger partial charge is 0.309 e. The van der Waals surface area contributed by atoms with Gasteiger partial charge in [-0.25, -0.2) is 4.39 Å². The fraction of sp³-hybridized carbons (Fsp3) is 0.118. The van der Waals surface area contributed by atoms with Gasteiger partial charge in [-0.15, -0.1) is 0 Å². The van der Waals surface area contributed by atoms with E-state index < -0.39 is 0 Å². The van der Waals surface area contributed by atoms with Crippen LogP contribution in [-0.4, -0.2) is 12.0 Å². The second-order valence-corrected chi connectivity index (χ2v) is 5.25. The van der Waals surface area contributed by atoms with Crippen LogP contribution in [0.4, 0.5) is 4.39 Å². The maximum absolute atomic E-state index is 13.2. The van der Waals surface area contributed by atoms with E-state index in [0.29, 0.717) is 5.02 Å². The molecule has 1 aromatic heterocycles. The third kappa shape index (κ3) is 2.75. The minimum absolute atomic E-state index is 0.0947. The lowest BCUT2D eigenvalue weighted by Crippen LogP contribution is -2.18. The van der Waals surface area contributed by atoms with Crippen LogP contribution in [-0.2, 0) is 0 Å². The molecule has 0 aliphatic heterocycles. The molecule has 1 heterocycles. The fourth-order valence-electron chi connectivity index (χ4n) is 2.51. The Labute approximate surface area is 127 Å². The minimum Gasteiger partial charge on any atom is -0.309 e. The molecule has 0 aliphatic carbocycles. The van der Waals surface area contributed by atoms with Crippen LogP contribution in [0.1, 0.15) is 17.2 Å². The number of aromatic nitrogens is 1. The van der Waals surface area contributed by atoms with Crippen molar-refractivity contribution in [3.8, 4) is 0 Å². The quantitative estimate of drug-likeness (QED) is 0.778. The van der Waals surface area contributed by atoms with Crippen molar-refractivity contribution in [1.82, 2.24) is 10.3 Å². The summed E-state index contributed by atoms with van der Waals surface area (Å²) in [5.74, 6) is -0.332. The summed E-state index contributed by atoms with van der Waals surface area (Å²) in [4.78, 5) is 4.31. The molecule has 0 radical (unpaired) electrons. The van der Waals surface area contributed by atoms with E-state index in [9.17, 15) is 4.39 Å². The summed E-state index contributed by atoms with van der Waals surface area (Å²) in [6.07, 6.45) is 1.77. The Morgan fingerprint density at radius 2 is 2.00 bits per heavy atom. The molecular weight excluding hydrogens is 287 g/mol. The lowest BCUT2D eigenvalue weighted by molar-refractivity contribution is 0.623. The smallest absolute Gasteiger partial charge is 0.124 e. The van der Waals surface area contributed by atoms with E-state index in [1.807, 2.05) is 31.3 Å². The predicted molar refractivity (Wildman–Crippen MR) is 84.1 cm³/mol. The number of hydrogen-bond acceptors (Lipinski definition) is 2. The van der Waals surface area contributed by atoms with E-state index in [1.165, 1.54) is 12.1 Å². The fourth-order valence-corrected chi connectivity index (χ4v) is 2.79. The molecule has 1 unspecified atom stereocenters. The lowest BCUT2D eigenvalue weighted by atomic mass is 9.97. The molecule has 4 heteroatoms. The van der Waals surface area contributed by atoms with Crippen LogP contribution in [0, 0.1) is 5.82 Å². The number of halogens is 2. The number of pyridine rings is 1. The first-order valence-electron chi connectivity index (χ1n) is 6.66. The van der Waals surface area contributed by atoms with Crippen LogP contribution in [0.15, 0.2) is 54.7 Å². The van der Waals surface area contributed by atoms with Gasteiger partial charge in [0.15, 0.2) is 0 Å². The Balaban J connectivity index is 2.09. The Morgan fingerprint density at radius 1 is 1.14 bits per heavy atom. The normalized spacial score (nSPS) is 12.5. The average Bonchev–Trinajstić information content (AvgIpc) is 2.50. The molecule has 3 rings (SSSR count). The van der Waals surface area contributed by atoms with Crippen molar-refractivity contribution in [2.75, 3.05) is 7.05 Å². The third-order valence-corrected chi connectivity index (χ3v) is 3.85. The number of hydrogen-bond donors (Lipinski definition) is 1. The van der Waals surface area contributed by atoms with Gasteiger partial charge in [0.05, 0.1) is 11.6 Å². The Hall–Kier alpha value is -1.97. The molecule has 0 bridgehead atoms. The van der Waals surface area contributed by atoms with Crippen molar-refractivity contribution in [2.45, 2.75) is 6.04 Å².